The summed E-state index contributed by atoms with van der Waals surface area (Å²) >= 11 is 0. The highest BCUT2D eigenvalue weighted by Gasteiger charge is 2.20. The van der Waals surface area contributed by atoms with Gasteiger partial charge in [-0.25, -0.2) is 9.97 Å². The van der Waals surface area contributed by atoms with E-state index in [4.69, 9.17) is 0 Å². The Morgan fingerprint density at radius 3 is 3.06 bits per heavy atom. The van der Waals surface area contributed by atoms with Gasteiger partial charge >= 0.3 is 0 Å². The van der Waals surface area contributed by atoms with Crippen LogP contribution in [0, 0.1) is 0 Å². The number of benzene rings is 1. The van der Waals surface area contributed by atoms with E-state index >= 15 is 0 Å². The molecule has 3 rings (SSSR count). The molecule has 1 amide bonds. The summed E-state index contributed by atoms with van der Waals surface area (Å²) < 4.78 is 0. The van der Waals surface area contributed by atoms with Crippen molar-refractivity contribution in [3.05, 3.63) is 30.6 Å². The van der Waals surface area contributed by atoms with Crippen LogP contribution in [0.25, 0.3) is 10.9 Å². The number of carbonyl (C=O) groups is 1. The van der Waals surface area contributed by atoms with Crippen molar-refractivity contribution in [1.29, 1.82) is 0 Å². The first-order valence-corrected chi connectivity index (χ1v) is 6.06. The summed E-state index contributed by atoms with van der Waals surface area (Å²) in [6.07, 6.45) is 3.06. The van der Waals surface area contributed by atoms with Gasteiger partial charge in [0.2, 0.25) is 5.91 Å². The van der Waals surface area contributed by atoms with Crippen LogP contribution in [0.4, 0.5) is 5.82 Å². The summed E-state index contributed by atoms with van der Waals surface area (Å²) in [5.74, 6) is 0.955. The molecule has 1 aliphatic heterocycles. The Morgan fingerprint density at radius 1 is 1.33 bits per heavy atom. The molecule has 0 bridgehead atoms. The van der Waals surface area contributed by atoms with Gasteiger partial charge in [0.1, 0.15) is 12.1 Å². The molecule has 1 saturated heterocycles. The second-order valence-electron chi connectivity index (χ2n) is 4.42. The van der Waals surface area contributed by atoms with E-state index in [1.807, 2.05) is 24.3 Å². The molecular weight excluding hydrogens is 228 g/mol. The highest BCUT2D eigenvalue weighted by atomic mass is 16.1. The smallest absolute Gasteiger partial charge is 0.220 e. The van der Waals surface area contributed by atoms with E-state index in [0.29, 0.717) is 13.0 Å². The van der Waals surface area contributed by atoms with Gasteiger partial charge in [-0.2, -0.15) is 0 Å². The molecule has 2 heterocycles. The van der Waals surface area contributed by atoms with Crippen molar-refractivity contribution in [1.82, 2.24) is 15.3 Å². The fraction of sp³-hybridized carbons (Fsp3) is 0.308. The zero-order valence-corrected chi connectivity index (χ0v) is 9.89. The number of nitrogens with one attached hydrogen (secondary N) is 2. The first-order chi connectivity index (χ1) is 8.83. The Morgan fingerprint density at radius 2 is 2.22 bits per heavy atom. The first-order valence-electron chi connectivity index (χ1n) is 6.06. The molecule has 0 radical (unpaired) electrons. The number of fused-ring (bicyclic) bond motifs is 1. The lowest BCUT2D eigenvalue weighted by atomic mass is 10.2. The Kier molecular flexibility index (Phi) is 2.80. The molecule has 92 valence electrons. The number of amides is 1. The largest absolute Gasteiger partial charge is 0.367 e. The van der Waals surface area contributed by atoms with Gasteiger partial charge in [-0.15, -0.1) is 0 Å². The number of para-hydroxylation sites is 1. The van der Waals surface area contributed by atoms with Crippen LogP contribution < -0.4 is 10.6 Å². The summed E-state index contributed by atoms with van der Waals surface area (Å²) in [6.45, 7) is 0.701. The standard InChI is InChI=1S/C13H14N4O/c18-12-6-5-9(17-12)7-14-13-10-3-1-2-4-11(10)15-8-16-13/h1-4,8-9H,5-7H2,(H,17,18)(H,14,15,16). The zero-order valence-electron chi connectivity index (χ0n) is 9.89. The van der Waals surface area contributed by atoms with Crippen LogP contribution in [0.2, 0.25) is 0 Å². The molecule has 1 unspecified atom stereocenters. The molecule has 0 spiro atoms. The lowest BCUT2D eigenvalue weighted by molar-refractivity contribution is -0.119. The molecule has 1 atom stereocenters. The van der Waals surface area contributed by atoms with Gasteiger partial charge < -0.3 is 10.6 Å². The number of carbonyl (C=O) groups excluding carboxylic acids is 1. The normalized spacial score (nSPS) is 18.9. The van der Waals surface area contributed by atoms with Gasteiger partial charge in [-0.1, -0.05) is 12.1 Å². The second kappa shape index (κ2) is 4.60. The third kappa shape index (κ3) is 2.11. The zero-order chi connectivity index (χ0) is 12.4. The minimum Gasteiger partial charge on any atom is -0.367 e. The SMILES string of the molecule is O=C1CCC(CNc2ncnc3ccccc23)N1. The van der Waals surface area contributed by atoms with Crippen LogP contribution in [0.15, 0.2) is 30.6 Å². The van der Waals surface area contributed by atoms with Crippen molar-refractivity contribution in [2.45, 2.75) is 18.9 Å². The van der Waals surface area contributed by atoms with Crippen LogP contribution in [-0.2, 0) is 4.79 Å². The highest BCUT2D eigenvalue weighted by molar-refractivity contribution is 5.88. The van der Waals surface area contributed by atoms with Gasteiger partial charge in [0.15, 0.2) is 0 Å². The maximum atomic E-state index is 11.1. The molecule has 1 aliphatic rings. The summed E-state index contributed by atoms with van der Waals surface area (Å²) in [4.78, 5) is 19.6. The molecule has 18 heavy (non-hydrogen) atoms. The average Bonchev–Trinajstić information content (AvgIpc) is 2.82. The summed E-state index contributed by atoms with van der Waals surface area (Å²) in [7, 11) is 0. The summed E-state index contributed by atoms with van der Waals surface area (Å²) in [5.41, 5.74) is 0.922. The van der Waals surface area contributed by atoms with Crippen LogP contribution in [0.5, 0.6) is 0 Å². The van der Waals surface area contributed by atoms with Crippen LogP contribution in [-0.4, -0.2) is 28.5 Å². The van der Waals surface area contributed by atoms with Crippen LogP contribution >= 0.6 is 0 Å². The van der Waals surface area contributed by atoms with Gasteiger partial charge in [0.25, 0.3) is 0 Å². The van der Waals surface area contributed by atoms with Gasteiger partial charge in [-0.3, -0.25) is 4.79 Å². The van der Waals surface area contributed by atoms with E-state index < -0.39 is 0 Å². The van der Waals surface area contributed by atoms with E-state index in [1.54, 1.807) is 6.33 Å². The molecule has 2 aromatic rings. The maximum Gasteiger partial charge on any atom is 0.220 e. The fourth-order valence-electron chi connectivity index (χ4n) is 2.20. The molecule has 0 saturated carbocycles. The van der Waals surface area contributed by atoms with Crippen molar-refractivity contribution in [2.75, 3.05) is 11.9 Å². The second-order valence-corrected chi connectivity index (χ2v) is 4.42. The van der Waals surface area contributed by atoms with Crippen molar-refractivity contribution in [3.8, 4) is 0 Å². The minimum absolute atomic E-state index is 0.134. The van der Waals surface area contributed by atoms with E-state index in [0.717, 1.165) is 23.1 Å². The summed E-state index contributed by atoms with van der Waals surface area (Å²) in [5, 5.41) is 7.22. The number of hydrogen-bond acceptors (Lipinski definition) is 4. The van der Waals surface area contributed by atoms with Crippen molar-refractivity contribution in [3.63, 3.8) is 0 Å². The Hall–Kier alpha value is -2.17. The third-order valence-corrected chi connectivity index (χ3v) is 3.14. The lowest BCUT2D eigenvalue weighted by Gasteiger charge is -2.12. The Labute approximate surface area is 105 Å². The molecule has 2 N–H and O–H groups in total. The predicted octanol–water partition coefficient (Wildman–Crippen LogP) is 1.32. The maximum absolute atomic E-state index is 11.1. The minimum atomic E-state index is 0.134. The predicted molar refractivity (Wildman–Crippen MR) is 69.2 cm³/mol. The molecule has 0 aliphatic carbocycles. The average molecular weight is 242 g/mol. The van der Waals surface area contributed by atoms with E-state index in [9.17, 15) is 4.79 Å². The molecule has 1 aromatic heterocycles. The first kappa shape index (κ1) is 11.0. The molecule has 5 heteroatoms. The van der Waals surface area contributed by atoms with Crippen LogP contribution in [0.3, 0.4) is 0 Å². The topological polar surface area (TPSA) is 66.9 Å². The van der Waals surface area contributed by atoms with Crippen molar-refractivity contribution in [2.24, 2.45) is 0 Å². The molecule has 1 fully saturated rings. The monoisotopic (exact) mass is 242 g/mol. The van der Waals surface area contributed by atoms with Gasteiger partial charge in [-0.05, 0) is 18.6 Å². The van der Waals surface area contributed by atoms with E-state index in [-0.39, 0.29) is 11.9 Å². The Balaban J connectivity index is 1.76. The van der Waals surface area contributed by atoms with Crippen molar-refractivity contribution >= 4 is 22.6 Å². The summed E-state index contributed by atoms with van der Waals surface area (Å²) in [6, 6.07) is 8.07. The van der Waals surface area contributed by atoms with E-state index in [1.165, 1.54) is 0 Å². The molecule has 1 aromatic carbocycles. The highest BCUT2D eigenvalue weighted by Crippen LogP contribution is 2.18. The fourth-order valence-corrected chi connectivity index (χ4v) is 2.20. The quantitative estimate of drug-likeness (QED) is 0.852. The molecular formula is C13H14N4O. The number of hydrogen-bond donors (Lipinski definition) is 2. The molecule has 5 nitrogen and oxygen atoms in total. The van der Waals surface area contributed by atoms with Crippen LogP contribution in [0.1, 0.15) is 12.8 Å². The number of nitrogens with zero attached hydrogens (tertiary/aromatic N) is 2. The number of aromatic nitrogens is 2. The number of rotatable bonds is 3. The van der Waals surface area contributed by atoms with Gasteiger partial charge in [0, 0.05) is 24.4 Å². The van der Waals surface area contributed by atoms with Gasteiger partial charge in [0.05, 0.1) is 5.52 Å². The van der Waals surface area contributed by atoms with E-state index in [2.05, 4.69) is 20.6 Å². The number of anilines is 1. The third-order valence-electron chi connectivity index (χ3n) is 3.14. The lowest BCUT2D eigenvalue weighted by Crippen LogP contribution is -2.32. The Bertz CT molecular complexity index is 579. The van der Waals surface area contributed by atoms with Crippen molar-refractivity contribution < 1.29 is 4.79 Å².